The van der Waals surface area contributed by atoms with Crippen LogP contribution < -0.4 is 10.2 Å². The molecule has 0 aliphatic rings. The van der Waals surface area contributed by atoms with E-state index in [4.69, 9.17) is 0 Å². The van der Waals surface area contributed by atoms with Crippen molar-refractivity contribution in [3.8, 4) is 0 Å². The third-order valence-corrected chi connectivity index (χ3v) is 2.81. The van der Waals surface area contributed by atoms with Crippen molar-refractivity contribution in [2.45, 2.75) is 0 Å². The Balaban J connectivity index is 2.26. The van der Waals surface area contributed by atoms with Gasteiger partial charge in [-0.25, -0.2) is 8.78 Å². The van der Waals surface area contributed by atoms with Gasteiger partial charge in [-0.05, 0) is 24.3 Å². The standard InChI is InChI=1S/C15H14F2N2O/c1-19(2)14-6-4-3-5-11(14)15(20)18-10-7-8-12(16)13(17)9-10/h3-9H,1-2H3,(H,18,20). The average molecular weight is 276 g/mol. The van der Waals surface area contributed by atoms with Crippen LogP contribution in [0.4, 0.5) is 20.2 Å². The van der Waals surface area contributed by atoms with E-state index in [0.29, 0.717) is 5.56 Å². The molecule has 5 heteroatoms. The second-order valence-corrected chi connectivity index (χ2v) is 4.49. The van der Waals surface area contributed by atoms with Crippen molar-refractivity contribution in [2.75, 3.05) is 24.3 Å². The van der Waals surface area contributed by atoms with Crippen LogP contribution in [0.25, 0.3) is 0 Å². The highest BCUT2D eigenvalue weighted by molar-refractivity contribution is 6.08. The normalized spacial score (nSPS) is 10.2. The summed E-state index contributed by atoms with van der Waals surface area (Å²) in [6.45, 7) is 0. The molecule has 0 radical (unpaired) electrons. The quantitative estimate of drug-likeness (QED) is 0.933. The number of anilines is 2. The van der Waals surface area contributed by atoms with Crippen LogP contribution in [0.5, 0.6) is 0 Å². The molecule has 0 aliphatic carbocycles. The number of halogens is 2. The monoisotopic (exact) mass is 276 g/mol. The largest absolute Gasteiger partial charge is 0.377 e. The molecule has 0 unspecified atom stereocenters. The van der Waals surface area contributed by atoms with E-state index < -0.39 is 11.6 Å². The number of hydrogen-bond donors (Lipinski definition) is 1. The van der Waals surface area contributed by atoms with Gasteiger partial charge in [-0.2, -0.15) is 0 Å². The first-order chi connectivity index (χ1) is 9.49. The maximum atomic E-state index is 13.1. The van der Waals surface area contributed by atoms with Gasteiger partial charge in [0.1, 0.15) is 0 Å². The number of para-hydroxylation sites is 1. The van der Waals surface area contributed by atoms with Crippen LogP contribution in [0.2, 0.25) is 0 Å². The lowest BCUT2D eigenvalue weighted by Crippen LogP contribution is -2.18. The second-order valence-electron chi connectivity index (χ2n) is 4.49. The van der Waals surface area contributed by atoms with Crippen LogP contribution >= 0.6 is 0 Å². The number of carbonyl (C=O) groups is 1. The molecule has 2 aromatic rings. The van der Waals surface area contributed by atoms with E-state index in [1.54, 1.807) is 23.1 Å². The molecule has 0 bridgehead atoms. The van der Waals surface area contributed by atoms with Gasteiger partial charge in [0, 0.05) is 31.5 Å². The molecule has 0 spiro atoms. The average Bonchev–Trinajstić information content (AvgIpc) is 2.43. The molecule has 2 aromatic carbocycles. The fourth-order valence-electron chi connectivity index (χ4n) is 1.83. The Hall–Kier alpha value is -2.43. The predicted octanol–water partition coefficient (Wildman–Crippen LogP) is 3.28. The van der Waals surface area contributed by atoms with E-state index in [1.165, 1.54) is 6.07 Å². The Morgan fingerprint density at radius 2 is 1.75 bits per heavy atom. The number of benzene rings is 2. The van der Waals surface area contributed by atoms with E-state index in [9.17, 15) is 13.6 Å². The predicted molar refractivity (Wildman–Crippen MR) is 75.1 cm³/mol. The van der Waals surface area contributed by atoms with Gasteiger partial charge in [-0.3, -0.25) is 4.79 Å². The van der Waals surface area contributed by atoms with Crippen molar-refractivity contribution in [3.63, 3.8) is 0 Å². The van der Waals surface area contributed by atoms with E-state index in [2.05, 4.69) is 5.32 Å². The number of hydrogen-bond acceptors (Lipinski definition) is 2. The summed E-state index contributed by atoms with van der Waals surface area (Å²) in [5, 5.41) is 2.55. The molecule has 0 heterocycles. The number of rotatable bonds is 3. The van der Waals surface area contributed by atoms with E-state index in [1.807, 2.05) is 20.2 Å². The summed E-state index contributed by atoms with van der Waals surface area (Å²) in [5.74, 6) is -2.32. The van der Waals surface area contributed by atoms with Crippen LogP contribution in [-0.4, -0.2) is 20.0 Å². The molecule has 20 heavy (non-hydrogen) atoms. The molecule has 0 aliphatic heterocycles. The highest BCUT2D eigenvalue weighted by Crippen LogP contribution is 2.20. The van der Waals surface area contributed by atoms with Gasteiger partial charge in [-0.15, -0.1) is 0 Å². The fourth-order valence-corrected chi connectivity index (χ4v) is 1.83. The molecule has 0 aromatic heterocycles. The van der Waals surface area contributed by atoms with Crippen molar-refractivity contribution < 1.29 is 13.6 Å². The van der Waals surface area contributed by atoms with Crippen LogP contribution in [-0.2, 0) is 0 Å². The summed E-state index contributed by atoms with van der Waals surface area (Å²) in [6.07, 6.45) is 0. The molecule has 3 nitrogen and oxygen atoms in total. The number of nitrogens with zero attached hydrogens (tertiary/aromatic N) is 1. The van der Waals surface area contributed by atoms with Gasteiger partial charge in [0.25, 0.3) is 5.91 Å². The minimum Gasteiger partial charge on any atom is -0.377 e. The van der Waals surface area contributed by atoms with Crippen LogP contribution in [0.1, 0.15) is 10.4 Å². The molecule has 104 valence electrons. The topological polar surface area (TPSA) is 32.3 Å². The third-order valence-electron chi connectivity index (χ3n) is 2.81. The first kappa shape index (κ1) is 14.0. The highest BCUT2D eigenvalue weighted by Gasteiger charge is 2.13. The molecule has 0 saturated heterocycles. The van der Waals surface area contributed by atoms with Crippen LogP contribution in [0.3, 0.4) is 0 Å². The Labute approximate surface area is 115 Å². The summed E-state index contributed by atoms with van der Waals surface area (Å²) in [7, 11) is 3.65. The van der Waals surface area contributed by atoms with Crippen molar-refractivity contribution in [3.05, 3.63) is 59.7 Å². The lowest BCUT2D eigenvalue weighted by molar-refractivity contribution is 0.102. The molecule has 0 atom stereocenters. The molecule has 1 N–H and O–H groups in total. The van der Waals surface area contributed by atoms with Gasteiger partial charge >= 0.3 is 0 Å². The molecule has 0 fully saturated rings. The number of nitrogens with one attached hydrogen (secondary N) is 1. The molecule has 2 rings (SSSR count). The van der Waals surface area contributed by atoms with Gasteiger partial charge in [-0.1, -0.05) is 12.1 Å². The third kappa shape index (κ3) is 2.93. The van der Waals surface area contributed by atoms with E-state index >= 15 is 0 Å². The zero-order chi connectivity index (χ0) is 14.7. The van der Waals surface area contributed by atoms with Crippen LogP contribution in [0, 0.1) is 11.6 Å². The van der Waals surface area contributed by atoms with Crippen LogP contribution in [0.15, 0.2) is 42.5 Å². The number of carbonyl (C=O) groups excluding carboxylic acids is 1. The minimum atomic E-state index is -0.997. The molecule has 1 amide bonds. The maximum absolute atomic E-state index is 13.1. The second kappa shape index (κ2) is 5.69. The Bertz CT molecular complexity index is 642. The highest BCUT2D eigenvalue weighted by atomic mass is 19.2. The minimum absolute atomic E-state index is 0.211. The summed E-state index contributed by atoms with van der Waals surface area (Å²) in [6, 6.07) is 10.3. The first-order valence-corrected chi connectivity index (χ1v) is 6.02. The molecular formula is C15H14F2N2O. The molecular weight excluding hydrogens is 262 g/mol. The lowest BCUT2D eigenvalue weighted by atomic mass is 10.1. The van der Waals surface area contributed by atoms with Crippen molar-refractivity contribution in [2.24, 2.45) is 0 Å². The fraction of sp³-hybridized carbons (Fsp3) is 0.133. The van der Waals surface area contributed by atoms with E-state index in [0.717, 1.165) is 17.8 Å². The SMILES string of the molecule is CN(C)c1ccccc1C(=O)Nc1ccc(F)c(F)c1. The molecule has 0 saturated carbocycles. The van der Waals surface area contributed by atoms with Crippen molar-refractivity contribution in [1.82, 2.24) is 0 Å². The van der Waals surface area contributed by atoms with Gasteiger partial charge in [0.05, 0.1) is 5.56 Å². The maximum Gasteiger partial charge on any atom is 0.257 e. The van der Waals surface area contributed by atoms with Crippen molar-refractivity contribution in [1.29, 1.82) is 0 Å². The van der Waals surface area contributed by atoms with Gasteiger partial charge < -0.3 is 10.2 Å². The smallest absolute Gasteiger partial charge is 0.257 e. The van der Waals surface area contributed by atoms with Gasteiger partial charge in [0.15, 0.2) is 11.6 Å². The number of amides is 1. The zero-order valence-electron chi connectivity index (χ0n) is 11.2. The summed E-state index contributed by atoms with van der Waals surface area (Å²) < 4.78 is 25.9. The van der Waals surface area contributed by atoms with E-state index in [-0.39, 0.29) is 11.6 Å². The summed E-state index contributed by atoms with van der Waals surface area (Å²) >= 11 is 0. The summed E-state index contributed by atoms with van der Waals surface area (Å²) in [5.41, 5.74) is 1.41. The lowest BCUT2D eigenvalue weighted by Gasteiger charge is -2.16. The Kier molecular flexibility index (Phi) is 3.98. The summed E-state index contributed by atoms with van der Waals surface area (Å²) in [4.78, 5) is 14.0. The Morgan fingerprint density at radius 1 is 1.05 bits per heavy atom. The first-order valence-electron chi connectivity index (χ1n) is 6.02. The van der Waals surface area contributed by atoms with Crippen molar-refractivity contribution >= 4 is 17.3 Å². The van der Waals surface area contributed by atoms with Gasteiger partial charge in [0.2, 0.25) is 0 Å². The Morgan fingerprint density at radius 3 is 2.40 bits per heavy atom. The zero-order valence-corrected chi connectivity index (χ0v) is 11.2.